The average Bonchev–Trinajstić information content (AvgIpc) is 2.39. The Hall–Kier alpha value is -1.91. The van der Waals surface area contributed by atoms with E-state index in [0.29, 0.717) is 0 Å². The highest BCUT2D eigenvalue weighted by Crippen LogP contribution is 2.13. The number of aryl methyl sites for hydroxylation is 1. The molecular formula is C14H19FN2O2. The summed E-state index contributed by atoms with van der Waals surface area (Å²) in [6.45, 7) is 3.75. The number of carbonyl (C=O) groups is 2. The van der Waals surface area contributed by atoms with E-state index in [0.717, 1.165) is 5.56 Å². The highest BCUT2D eigenvalue weighted by Gasteiger charge is 2.20. The van der Waals surface area contributed by atoms with Crippen LogP contribution < -0.4 is 5.32 Å². The van der Waals surface area contributed by atoms with Crippen molar-refractivity contribution in [1.29, 1.82) is 0 Å². The minimum atomic E-state index is -0.546. The molecule has 0 heterocycles. The second-order valence-electron chi connectivity index (χ2n) is 4.68. The molecule has 0 bridgehead atoms. The molecule has 1 rings (SSSR count). The zero-order valence-electron chi connectivity index (χ0n) is 11.7. The van der Waals surface area contributed by atoms with Gasteiger partial charge in [0.1, 0.15) is 5.82 Å². The molecule has 1 aromatic carbocycles. The molecule has 0 saturated heterocycles. The van der Waals surface area contributed by atoms with Crippen LogP contribution in [0, 0.1) is 18.7 Å². The Labute approximate surface area is 112 Å². The van der Waals surface area contributed by atoms with Crippen LogP contribution >= 0.6 is 0 Å². The van der Waals surface area contributed by atoms with Crippen molar-refractivity contribution >= 4 is 11.8 Å². The molecule has 0 aliphatic carbocycles. The minimum absolute atomic E-state index is 0.0339. The van der Waals surface area contributed by atoms with E-state index in [4.69, 9.17) is 0 Å². The molecular weight excluding hydrogens is 247 g/mol. The van der Waals surface area contributed by atoms with Crippen LogP contribution in [-0.4, -0.2) is 37.4 Å². The van der Waals surface area contributed by atoms with Gasteiger partial charge in [-0.25, -0.2) is 4.39 Å². The van der Waals surface area contributed by atoms with E-state index in [2.05, 4.69) is 5.32 Å². The van der Waals surface area contributed by atoms with Crippen molar-refractivity contribution in [2.45, 2.75) is 13.8 Å². The number of hydrogen-bond donors (Lipinski definition) is 1. The number of hydrogen-bond acceptors (Lipinski definition) is 2. The van der Waals surface area contributed by atoms with Crippen LogP contribution in [0.1, 0.15) is 22.8 Å². The van der Waals surface area contributed by atoms with Gasteiger partial charge in [0.15, 0.2) is 0 Å². The third-order valence-electron chi connectivity index (χ3n) is 2.94. The predicted octanol–water partition coefficient (Wildman–Crippen LogP) is 1.59. The van der Waals surface area contributed by atoms with Crippen LogP contribution in [-0.2, 0) is 4.79 Å². The molecule has 0 spiro atoms. The summed E-state index contributed by atoms with van der Waals surface area (Å²) in [4.78, 5) is 24.9. The maximum Gasteiger partial charge on any atom is 0.256 e. The molecule has 104 valence electrons. The number of amides is 2. The van der Waals surface area contributed by atoms with Gasteiger partial charge in [0.2, 0.25) is 5.91 Å². The quantitative estimate of drug-likeness (QED) is 0.899. The van der Waals surface area contributed by atoms with Gasteiger partial charge in [-0.15, -0.1) is 0 Å². The van der Waals surface area contributed by atoms with Crippen LogP contribution in [0.2, 0.25) is 0 Å². The van der Waals surface area contributed by atoms with Crippen LogP contribution in [0.15, 0.2) is 18.2 Å². The lowest BCUT2D eigenvalue weighted by Gasteiger charge is -2.21. The largest absolute Gasteiger partial charge is 0.359 e. The van der Waals surface area contributed by atoms with Crippen LogP contribution in [0.5, 0.6) is 0 Å². The van der Waals surface area contributed by atoms with Crippen molar-refractivity contribution < 1.29 is 14.0 Å². The van der Waals surface area contributed by atoms with Crippen molar-refractivity contribution in [3.05, 3.63) is 35.1 Å². The second-order valence-corrected chi connectivity index (χ2v) is 4.68. The smallest absolute Gasteiger partial charge is 0.256 e. The molecule has 0 saturated carbocycles. The molecule has 0 fully saturated rings. The molecule has 1 atom stereocenters. The Balaban J connectivity index is 2.82. The maximum atomic E-state index is 13.6. The summed E-state index contributed by atoms with van der Waals surface area (Å²) in [6.07, 6.45) is 0. The van der Waals surface area contributed by atoms with Gasteiger partial charge < -0.3 is 10.2 Å². The number of nitrogens with zero attached hydrogens (tertiary/aromatic N) is 1. The summed E-state index contributed by atoms with van der Waals surface area (Å²) in [5.74, 6) is -1.46. The standard InChI is InChI=1S/C14H19FN2O2/c1-9-5-6-12(15)11(7-9)14(19)17(4)8-10(2)13(18)16-3/h5-7,10H,8H2,1-4H3,(H,16,18). The van der Waals surface area contributed by atoms with Crippen molar-refractivity contribution in [3.8, 4) is 0 Å². The summed E-state index contributed by atoms with van der Waals surface area (Å²) in [7, 11) is 3.10. The fraction of sp³-hybridized carbons (Fsp3) is 0.429. The Bertz CT molecular complexity index is 488. The van der Waals surface area contributed by atoms with Crippen molar-refractivity contribution in [2.24, 2.45) is 5.92 Å². The maximum absolute atomic E-state index is 13.6. The molecule has 1 N–H and O–H groups in total. The van der Waals surface area contributed by atoms with Crippen molar-refractivity contribution in [1.82, 2.24) is 10.2 Å². The highest BCUT2D eigenvalue weighted by molar-refractivity contribution is 5.94. The van der Waals surface area contributed by atoms with E-state index < -0.39 is 11.7 Å². The lowest BCUT2D eigenvalue weighted by molar-refractivity contribution is -0.124. The normalized spacial score (nSPS) is 11.8. The molecule has 0 radical (unpaired) electrons. The Morgan fingerprint density at radius 3 is 2.63 bits per heavy atom. The first-order chi connectivity index (χ1) is 8.86. The number of halogens is 1. The van der Waals surface area contributed by atoms with Gasteiger partial charge in [0.05, 0.1) is 11.5 Å². The zero-order valence-corrected chi connectivity index (χ0v) is 11.7. The molecule has 1 aromatic rings. The monoisotopic (exact) mass is 266 g/mol. The van der Waals surface area contributed by atoms with Gasteiger partial charge in [0, 0.05) is 20.6 Å². The van der Waals surface area contributed by atoms with E-state index in [9.17, 15) is 14.0 Å². The Kier molecular flexibility index (Phi) is 5.03. The average molecular weight is 266 g/mol. The van der Waals surface area contributed by atoms with E-state index in [1.807, 2.05) is 0 Å². The van der Waals surface area contributed by atoms with Gasteiger partial charge in [-0.05, 0) is 19.1 Å². The van der Waals surface area contributed by atoms with Crippen molar-refractivity contribution in [3.63, 3.8) is 0 Å². The number of benzene rings is 1. The van der Waals surface area contributed by atoms with Gasteiger partial charge in [0.25, 0.3) is 5.91 Å². The lowest BCUT2D eigenvalue weighted by Crippen LogP contribution is -2.37. The van der Waals surface area contributed by atoms with Crippen LogP contribution in [0.25, 0.3) is 0 Å². The molecule has 0 aromatic heterocycles. The summed E-state index contributed by atoms with van der Waals surface area (Å²) in [5, 5.41) is 2.52. The Morgan fingerprint density at radius 2 is 2.05 bits per heavy atom. The Morgan fingerprint density at radius 1 is 1.42 bits per heavy atom. The highest BCUT2D eigenvalue weighted by atomic mass is 19.1. The minimum Gasteiger partial charge on any atom is -0.359 e. The van der Waals surface area contributed by atoms with Gasteiger partial charge in [-0.1, -0.05) is 18.6 Å². The second kappa shape index (κ2) is 6.31. The molecule has 0 aliphatic heterocycles. The zero-order chi connectivity index (χ0) is 14.6. The van der Waals surface area contributed by atoms with E-state index in [1.54, 1.807) is 34.0 Å². The third-order valence-corrected chi connectivity index (χ3v) is 2.94. The van der Waals surface area contributed by atoms with Gasteiger partial charge >= 0.3 is 0 Å². The van der Waals surface area contributed by atoms with Gasteiger partial charge in [-0.2, -0.15) is 0 Å². The summed E-state index contributed by atoms with van der Waals surface area (Å²) < 4.78 is 13.6. The summed E-state index contributed by atoms with van der Waals surface area (Å²) >= 11 is 0. The van der Waals surface area contributed by atoms with Crippen molar-refractivity contribution in [2.75, 3.05) is 20.6 Å². The first-order valence-electron chi connectivity index (χ1n) is 6.10. The van der Waals surface area contributed by atoms with E-state index >= 15 is 0 Å². The number of carbonyl (C=O) groups excluding carboxylic acids is 2. The van der Waals surface area contributed by atoms with Crippen LogP contribution in [0.3, 0.4) is 0 Å². The van der Waals surface area contributed by atoms with E-state index in [-0.39, 0.29) is 23.9 Å². The van der Waals surface area contributed by atoms with Crippen LogP contribution in [0.4, 0.5) is 4.39 Å². The molecule has 0 aliphatic rings. The third kappa shape index (κ3) is 3.77. The fourth-order valence-corrected chi connectivity index (χ4v) is 1.83. The first kappa shape index (κ1) is 15.1. The van der Waals surface area contributed by atoms with Gasteiger partial charge in [-0.3, -0.25) is 9.59 Å². The molecule has 19 heavy (non-hydrogen) atoms. The summed E-state index contributed by atoms with van der Waals surface area (Å²) in [5.41, 5.74) is 0.851. The summed E-state index contributed by atoms with van der Waals surface area (Å²) in [6, 6.07) is 4.40. The molecule has 4 nitrogen and oxygen atoms in total. The van der Waals surface area contributed by atoms with E-state index in [1.165, 1.54) is 17.0 Å². The first-order valence-corrected chi connectivity index (χ1v) is 6.10. The number of rotatable bonds is 4. The topological polar surface area (TPSA) is 49.4 Å². The molecule has 5 heteroatoms. The SMILES string of the molecule is CNC(=O)C(C)CN(C)C(=O)c1cc(C)ccc1F. The molecule has 1 unspecified atom stereocenters. The fourth-order valence-electron chi connectivity index (χ4n) is 1.83. The lowest BCUT2D eigenvalue weighted by atomic mass is 10.1. The predicted molar refractivity (Wildman–Crippen MR) is 71.3 cm³/mol. The number of nitrogens with one attached hydrogen (secondary N) is 1. The molecule has 2 amide bonds.